The van der Waals surface area contributed by atoms with E-state index in [1.807, 2.05) is 43.5 Å². The average molecular weight is 423 g/mol. The summed E-state index contributed by atoms with van der Waals surface area (Å²) in [6, 6.07) is 12.9. The van der Waals surface area contributed by atoms with Gasteiger partial charge in [-0.05, 0) is 49.2 Å². The van der Waals surface area contributed by atoms with Crippen LogP contribution in [0.5, 0.6) is 5.75 Å². The Morgan fingerprint density at radius 1 is 1.27 bits per heavy atom. The molecule has 0 saturated carbocycles. The molecule has 0 aliphatic carbocycles. The van der Waals surface area contributed by atoms with E-state index in [4.69, 9.17) is 9.47 Å². The van der Waals surface area contributed by atoms with Gasteiger partial charge in [-0.3, -0.25) is 4.79 Å². The molecule has 154 valence electrons. The normalized spacial score (nSPS) is 13.0. The van der Waals surface area contributed by atoms with Crippen LogP contribution in [-0.4, -0.2) is 30.1 Å². The van der Waals surface area contributed by atoms with E-state index in [0.717, 1.165) is 28.2 Å². The van der Waals surface area contributed by atoms with Gasteiger partial charge in [0.25, 0.3) is 5.91 Å². The van der Waals surface area contributed by atoms with Crippen LogP contribution in [0.4, 0.5) is 5.69 Å². The third kappa shape index (κ3) is 4.21. The van der Waals surface area contributed by atoms with Crippen molar-refractivity contribution in [2.24, 2.45) is 0 Å². The van der Waals surface area contributed by atoms with Crippen LogP contribution < -0.4 is 9.64 Å². The van der Waals surface area contributed by atoms with Crippen LogP contribution >= 0.6 is 11.3 Å². The number of hydrogen-bond donors (Lipinski definition) is 0. The number of nitrogens with zero attached hydrogens (tertiary/aromatic N) is 2. The highest BCUT2D eigenvalue weighted by atomic mass is 32.1. The van der Waals surface area contributed by atoms with Gasteiger partial charge in [0.15, 0.2) is 6.61 Å². The zero-order valence-corrected chi connectivity index (χ0v) is 17.7. The SMILES string of the molecule is CCCOC(=O)c1cccc(CN2C(=O)COc3ccc(-c4csc(C)n4)cc32)c1. The number of carbonyl (C=O) groups is 2. The van der Waals surface area contributed by atoms with Crippen LogP contribution in [0, 0.1) is 6.92 Å². The molecule has 0 radical (unpaired) electrons. The summed E-state index contributed by atoms with van der Waals surface area (Å²) in [4.78, 5) is 31.1. The molecule has 6 nitrogen and oxygen atoms in total. The van der Waals surface area contributed by atoms with E-state index in [1.54, 1.807) is 34.4 Å². The average Bonchev–Trinajstić information content (AvgIpc) is 3.20. The summed E-state index contributed by atoms with van der Waals surface area (Å²) in [6.45, 7) is 4.62. The number of aryl methyl sites for hydroxylation is 1. The summed E-state index contributed by atoms with van der Waals surface area (Å²) < 4.78 is 10.8. The van der Waals surface area contributed by atoms with Crippen LogP contribution in [0.2, 0.25) is 0 Å². The summed E-state index contributed by atoms with van der Waals surface area (Å²) in [5.74, 6) is 0.172. The topological polar surface area (TPSA) is 68.7 Å². The first kappa shape index (κ1) is 20.1. The number of fused-ring (bicyclic) bond motifs is 1. The van der Waals surface area contributed by atoms with E-state index in [9.17, 15) is 9.59 Å². The van der Waals surface area contributed by atoms with Crippen molar-refractivity contribution in [2.45, 2.75) is 26.8 Å². The highest BCUT2D eigenvalue weighted by Crippen LogP contribution is 2.37. The zero-order valence-electron chi connectivity index (χ0n) is 16.9. The van der Waals surface area contributed by atoms with Crippen molar-refractivity contribution >= 4 is 28.9 Å². The second-order valence-electron chi connectivity index (χ2n) is 7.04. The number of rotatable bonds is 6. The van der Waals surface area contributed by atoms with Crippen molar-refractivity contribution in [3.63, 3.8) is 0 Å². The van der Waals surface area contributed by atoms with Crippen molar-refractivity contribution in [3.8, 4) is 17.0 Å². The fourth-order valence-corrected chi connectivity index (χ4v) is 3.91. The monoisotopic (exact) mass is 422 g/mol. The lowest BCUT2D eigenvalue weighted by Gasteiger charge is -2.30. The van der Waals surface area contributed by atoms with Crippen LogP contribution in [0.1, 0.15) is 34.3 Å². The lowest BCUT2D eigenvalue weighted by Crippen LogP contribution is -2.38. The quantitative estimate of drug-likeness (QED) is 0.543. The van der Waals surface area contributed by atoms with Crippen LogP contribution in [-0.2, 0) is 16.1 Å². The maximum atomic E-state index is 12.7. The number of carbonyl (C=O) groups excluding carboxylic acids is 2. The van der Waals surface area contributed by atoms with E-state index in [-0.39, 0.29) is 18.5 Å². The summed E-state index contributed by atoms with van der Waals surface area (Å²) in [5, 5.41) is 2.98. The van der Waals surface area contributed by atoms with E-state index in [2.05, 4.69) is 4.98 Å². The zero-order chi connectivity index (χ0) is 21.1. The Bertz CT molecular complexity index is 1090. The molecule has 7 heteroatoms. The lowest BCUT2D eigenvalue weighted by atomic mass is 10.1. The standard InChI is InChI=1S/C23H22N2O4S/c1-3-9-28-23(27)18-6-4-5-16(10-18)12-25-20-11-17(19-14-30-15(2)24-19)7-8-21(20)29-13-22(25)26/h4-8,10-11,14H,3,9,12-13H2,1-2H3. The molecule has 0 bridgehead atoms. The molecule has 1 aliphatic rings. The lowest BCUT2D eigenvalue weighted by molar-refractivity contribution is -0.121. The molecule has 0 atom stereocenters. The van der Waals surface area contributed by atoms with Gasteiger partial charge in [0.2, 0.25) is 0 Å². The van der Waals surface area contributed by atoms with E-state index in [1.165, 1.54) is 0 Å². The largest absolute Gasteiger partial charge is 0.482 e. The van der Waals surface area contributed by atoms with Crippen LogP contribution in [0.15, 0.2) is 47.8 Å². The van der Waals surface area contributed by atoms with Crippen LogP contribution in [0.25, 0.3) is 11.3 Å². The summed E-state index contributed by atoms with van der Waals surface area (Å²) >= 11 is 1.58. The first-order valence-electron chi connectivity index (χ1n) is 9.81. The molecule has 2 heterocycles. The number of anilines is 1. The second kappa shape index (κ2) is 8.67. The minimum absolute atomic E-state index is 0.0135. The second-order valence-corrected chi connectivity index (χ2v) is 8.10. The van der Waals surface area contributed by atoms with Crippen molar-refractivity contribution in [1.29, 1.82) is 0 Å². The maximum absolute atomic E-state index is 12.7. The third-order valence-electron chi connectivity index (χ3n) is 4.76. The molecule has 3 aromatic rings. The van der Waals surface area contributed by atoms with E-state index < -0.39 is 0 Å². The van der Waals surface area contributed by atoms with Gasteiger partial charge in [0, 0.05) is 10.9 Å². The summed E-state index contributed by atoms with van der Waals surface area (Å²) in [7, 11) is 0. The van der Waals surface area contributed by atoms with E-state index in [0.29, 0.717) is 30.2 Å². The molecular weight excluding hydrogens is 400 g/mol. The molecule has 0 fully saturated rings. The van der Waals surface area contributed by atoms with Crippen molar-refractivity contribution in [2.75, 3.05) is 18.1 Å². The maximum Gasteiger partial charge on any atom is 0.338 e. The highest BCUT2D eigenvalue weighted by molar-refractivity contribution is 7.09. The first-order valence-corrected chi connectivity index (χ1v) is 10.7. The molecule has 0 saturated heterocycles. The van der Waals surface area contributed by atoms with Gasteiger partial charge in [-0.1, -0.05) is 19.1 Å². The highest BCUT2D eigenvalue weighted by Gasteiger charge is 2.26. The molecule has 0 unspecified atom stereocenters. The smallest absolute Gasteiger partial charge is 0.338 e. The van der Waals surface area contributed by atoms with Gasteiger partial charge in [-0.2, -0.15) is 0 Å². The van der Waals surface area contributed by atoms with Gasteiger partial charge in [-0.15, -0.1) is 11.3 Å². The molecule has 0 N–H and O–H groups in total. The van der Waals surface area contributed by atoms with Gasteiger partial charge < -0.3 is 14.4 Å². The van der Waals surface area contributed by atoms with E-state index >= 15 is 0 Å². The van der Waals surface area contributed by atoms with Crippen LogP contribution in [0.3, 0.4) is 0 Å². The Kier molecular flexibility index (Phi) is 5.81. The molecule has 30 heavy (non-hydrogen) atoms. The predicted octanol–water partition coefficient (Wildman–Crippen LogP) is 4.61. The Morgan fingerprint density at radius 2 is 2.13 bits per heavy atom. The number of esters is 1. The Balaban J connectivity index is 1.62. The molecule has 1 amide bonds. The predicted molar refractivity (Wildman–Crippen MR) is 116 cm³/mol. The number of ether oxygens (including phenoxy) is 2. The third-order valence-corrected chi connectivity index (χ3v) is 5.53. The minimum Gasteiger partial charge on any atom is -0.482 e. The number of amides is 1. The number of aromatic nitrogens is 1. The molecule has 1 aromatic heterocycles. The molecule has 4 rings (SSSR count). The fraction of sp³-hybridized carbons (Fsp3) is 0.261. The Labute approximate surface area is 179 Å². The Morgan fingerprint density at radius 3 is 2.90 bits per heavy atom. The fourth-order valence-electron chi connectivity index (χ4n) is 3.29. The molecular formula is C23H22N2O4S. The summed E-state index contributed by atoms with van der Waals surface area (Å²) in [6.07, 6.45) is 0.769. The van der Waals surface area contributed by atoms with Gasteiger partial charge >= 0.3 is 5.97 Å². The van der Waals surface area contributed by atoms with Gasteiger partial charge in [-0.25, -0.2) is 9.78 Å². The van der Waals surface area contributed by atoms with Crippen molar-refractivity contribution in [3.05, 3.63) is 64.0 Å². The first-order chi connectivity index (χ1) is 14.5. The number of thiazole rings is 1. The van der Waals surface area contributed by atoms with Gasteiger partial charge in [0.05, 0.1) is 35.1 Å². The molecule has 1 aliphatic heterocycles. The number of benzene rings is 2. The summed E-state index contributed by atoms with van der Waals surface area (Å²) in [5.41, 5.74) is 3.83. The van der Waals surface area contributed by atoms with Crippen molar-refractivity contribution in [1.82, 2.24) is 4.98 Å². The molecule has 0 spiro atoms. The van der Waals surface area contributed by atoms with Gasteiger partial charge in [0.1, 0.15) is 5.75 Å². The number of hydrogen-bond acceptors (Lipinski definition) is 6. The minimum atomic E-state index is -0.353. The van der Waals surface area contributed by atoms with Crippen molar-refractivity contribution < 1.29 is 19.1 Å². The molecule has 2 aromatic carbocycles. The Hall–Kier alpha value is -3.19.